The molecule has 0 bridgehead atoms. The van der Waals surface area contributed by atoms with E-state index in [1.54, 1.807) is 29.5 Å². The third-order valence-electron chi connectivity index (χ3n) is 3.09. The Labute approximate surface area is 133 Å². The molecule has 0 saturated heterocycles. The molecule has 5 nitrogen and oxygen atoms in total. The quantitative estimate of drug-likeness (QED) is 0.610. The molecule has 3 aromatic heterocycles. The second-order valence-electron chi connectivity index (χ2n) is 4.50. The molecule has 0 saturated carbocycles. The van der Waals surface area contributed by atoms with Crippen LogP contribution in [0.1, 0.15) is 10.4 Å². The third-order valence-corrected chi connectivity index (χ3v) is 4.74. The number of hydrogen-bond donors (Lipinski definition) is 1. The highest BCUT2D eigenvalue weighted by Crippen LogP contribution is 2.28. The minimum Gasteiger partial charge on any atom is -0.443 e. The number of rotatable bonds is 3. The van der Waals surface area contributed by atoms with Crippen molar-refractivity contribution in [3.05, 3.63) is 53.0 Å². The van der Waals surface area contributed by atoms with Gasteiger partial charge in [0.1, 0.15) is 5.52 Å². The zero-order valence-electron chi connectivity index (χ0n) is 11.1. The average molecular weight is 327 g/mol. The summed E-state index contributed by atoms with van der Waals surface area (Å²) < 4.78 is 5.16. The summed E-state index contributed by atoms with van der Waals surface area (Å²) in [5.74, 6) is -0.211. The van der Waals surface area contributed by atoms with E-state index in [9.17, 15) is 4.79 Å². The van der Waals surface area contributed by atoms with Crippen LogP contribution in [0.2, 0.25) is 0 Å². The van der Waals surface area contributed by atoms with E-state index in [0.717, 1.165) is 10.6 Å². The Morgan fingerprint density at radius 1 is 1.23 bits per heavy atom. The number of carbonyl (C=O) groups excluding carboxylic acids is 1. The second kappa shape index (κ2) is 5.36. The van der Waals surface area contributed by atoms with E-state index in [1.165, 1.54) is 17.7 Å². The van der Waals surface area contributed by atoms with Crippen molar-refractivity contribution < 1.29 is 9.21 Å². The maximum atomic E-state index is 12.3. The molecule has 0 aliphatic carbocycles. The molecule has 1 aromatic carbocycles. The molecule has 0 unspecified atom stereocenters. The summed E-state index contributed by atoms with van der Waals surface area (Å²) in [7, 11) is 0. The van der Waals surface area contributed by atoms with Gasteiger partial charge in [-0.25, -0.2) is 9.97 Å². The minimum absolute atomic E-state index is 0.211. The van der Waals surface area contributed by atoms with Crippen LogP contribution >= 0.6 is 22.7 Å². The maximum Gasteiger partial charge on any atom is 0.257 e. The normalized spacial score (nSPS) is 10.9. The molecule has 0 aliphatic heterocycles. The zero-order valence-corrected chi connectivity index (χ0v) is 12.8. The Morgan fingerprint density at radius 2 is 2.18 bits per heavy atom. The largest absolute Gasteiger partial charge is 0.443 e. The van der Waals surface area contributed by atoms with Crippen molar-refractivity contribution in [3.8, 4) is 10.6 Å². The van der Waals surface area contributed by atoms with E-state index in [0.29, 0.717) is 21.8 Å². The fourth-order valence-corrected chi connectivity index (χ4v) is 3.50. The van der Waals surface area contributed by atoms with Gasteiger partial charge in [0.05, 0.1) is 10.6 Å². The number of fused-ring (bicyclic) bond motifs is 1. The van der Waals surface area contributed by atoms with E-state index in [2.05, 4.69) is 15.3 Å². The molecule has 0 atom stereocenters. The molecule has 0 fully saturated rings. The van der Waals surface area contributed by atoms with Gasteiger partial charge in [-0.15, -0.1) is 22.7 Å². The average Bonchev–Trinajstić information content (AvgIpc) is 3.27. The Bertz CT molecular complexity index is 941. The lowest BCUT2D eigenvalue weighted by molar-refractivity contribution is 0.102. The molecule has 0 aliphatic rings. The lowest BCUT2D eigenvalue weighted by atomic mass is 10.2. The molecule has 1 N–H and O–H groups in total. The SMILES string of the molecule is O=C(Nc1nc(-c2cccs2)cs1)c1ccc2ocnc2c1. The van der Waals surface area contributed by atoms with E-state index < -0.39 is 0 Å². The van der Waals surface area contributed by atoms with Crippen LogP contribution in [0.15, 0.2) is 51.9 Å². The van der Waals surface area contributed by atoms with Crippen molar-refractivity contribution in [1.29, 1.82) is 0 Å². The van der Waals surface area contributed by atoms with Crippen LogP contribution in [0.3, 0.4) is 0 Å². The van der Waals surface area contributed by atoms with E-state index in [-0.39, 0.29) is 5.91 Å². The lowest BCUT2D eigenvalue weighted by Gasteiger charge is -2.01. The molecule has 22 heavy (non-hydrogen) atoms. The second-order valence-corrected chi connectivity index (χ2v) is 6.31. The highest BCUT2D eigenvalue weighted by atomic mass is 32.1. The van der Waals surface area contributed by atoms with Crippen LogP contribution in [-0.2, 0) is 0 Å². The van der Waals surface area contributed by atoms with Gasteiger partial charge in [0.15, 0.2) is 17.1 Å². The first-order valence-corrected chi connectivity index (χ1v) is 8.19. The van der Waals surface area contributed by atoms with Crippen molar-refractivity contribution in [2.75, 3.05) is 5.32 Å². The molecule has 4 aromatic rings. The van der Waals surface area contributed by atoms with Crippen LogP contribution in [0, 0.1) is 0 Å². The van der Waals surface area contributed by atoms with E-state index in [4.69, 9.17) is 4.42 Å². The summed E-state index contributed by atoms with van der Waals surface area (Å²) in [6.45, 7) is 0. The smallest absolute Gasteiger partial charge is 0.257 e. The van der Waals surface area contributed by atoms with Gasteiger partial charge in [-0.1, -0.05) is 6.07 Å². The number of thiazole rings is 1. The number of aromatic nitrogens is 2. The zero-order chi connectivity index (χ0) is 14.9. The molecule has 108 valence electrons. The Hall–Kier alpha value is -2.51. The minimum atomic E-state index is -0.211. The van der Waals surface area contributed by atoms with Gasteiger partial charge in [0, 0.05) is 10.9 Å². The first-order chi connectivity index (χ1) is 10.8. The lowest BCUT2D eigenvalue weighted by Crippen LogP contribution is -2.11. The number of hydrogen-bond acceptors (Lipinski definition) is 6. The highest BCUT2D eigenvalue weighted by Gasteiger charge is 2.11. The van der Waals surface area contributed by atoms with Crippen molar-refractivity contribution in [2.45, 2.75) is 0 Å². The standard InChI is InChI=1S/C15H9N3O2S2/c19-14(9-3-4-12-10(6-9)16-8-20-12)18-15-17-11(7-22-15)13-2-1-5-21-13/h1-8H,(H,17,18,19). The van der Waals surface area contributed by atoms with Crippen molar-refractivity contribution in [2.24, 2.45) is 0 Å². The Balaban J connectivity index is 1.56. The number of carbonyl (C=O) groups is 1. The monoisotopic (exact) mass is 327 g/mol. The van der Waals surface area contributed by atoms with Gasteiger partial charge in [0.2, 0.25) is 0 Å². The van der Waals surface area contributed by atoms with Crippen LogP contribution in [0.25, 0.3) is 21.7 Å². The Morgan fingerprint density at radius 3 is 3.05 bits per heavy atom. The summed E-state index contributed by atoms with van der Waals surface area (Å²) in [6, 6.07) is 9.11. The van der Waals surface area contributed by atoms with Crippen LogP contribution in [-0.4, -0.2) is 15.9 Å². The molecule has 0 spiro atoms. The predicted octanol–water partition coefficient (Wildman–Crippen LogP) is 4.27. The van der Waals surface area contributed by atoms with Crippen LogP contribution in [0.5, 0.6) is 0 Å². The first kappa shape index (κ1) is 13.2. The van der Waals surface area contributed by atoms with Crippen LogP contribution < -0.4 is 5.32 Å². The molecule has 7 heteroatoms. The van der Waals surface area contributed by atoms with Crippen LogP contribution in [0.4, 0.5) is 5.13 Å². The van der Waals surface area contributed by atoms with Crippen molar-refractivity contribution in [1.82, 2.24) is 9.97 Å². The first-order valence-electron chi connectivity index (χ1n) is 6.43. The maximum absolute atomic E-state index is 12.3. The molecule has 0 radical (unpaired) electrons. The molecule has 1 amide bonds. The third kappa shape index (κ3) is 2.40. The summed E-state index contributed by atoms with van der Waals surface area (Å²) in [5, 5.41) is 7.32. The van der Waals surface area contributed by atoms with Gasteiger partial charge in [-0.3, -0.25) is 10.1 Å². The number of anilines is 1. The number of amides is 1. The molecular weight excluding hydrogens is 318 g/mol. The highest BCUT2D eigenvalue weighted by molar-refractivity contribution is 7.16. The van der Waals surface area contributed by atoms with E-state index in [1.807, 2.05) is 22.9 Å². The van der Waals surface area contributed by atoms with Gasteiger partial charge in [-0.2, -0.15) is 0 Å². The number of thiophene rings is 1. The number of nitrogens with one attached hydrogen (secondary N) is 1. The fraction of sp³-hybridized carbons (Fsp3) is 0. The summed E-state index contributed by atoms with van der Waals surface area (Å²) in [6.07, 6.45) is 1.36. The predicted molar refractivity (Wildman–Crippen MR) is 87.4 cm³/mol. The topological polar surface area (TPSA) is 68.0 Å². The fourth-order valence-electron chi connectivity index (χ4n) is 2.04. The van der Waals surface area contributed by atoms with Gasteiger partial charge in [-0.05, 0) is 29.6 Å². The van der Waals surface area contributed by atoms with E-state index >= 15 is 0 Å². The van der Waals surface area contributed by atoms with Gasteiger partial charge in [0.25, 0.3) is 5.91 Å². The van der Waals surface area contributed by atoms with Gasteiger partial charge < -0.3 is 4.42 Å². The summed E-state index contributed by atoms with van der Waals surface area (Å²) in [4.78, 5) is 21.8. The molecule has 4 rings (SSSR count). The Kier molecular flexibility index (Phi) is 3.21. The van der Waals surface area contributed by atoms with Crippen molar-refractivity contribution in [3.63, 3.8) is 0 Å². The molecule has 3 heterocycles. The molecular formula is C15H9N3O2S2. The summed E-state index contributed by atoms with van der Waals surface area (Å²) >= 11 is 3.03. The van der Waals surface area contributed by atoms with Crippen molar-refractivity contribution >= 4 is 44.8 Å². The van der Waals surface area contributed by atoms with Gasteiger partial charge >= 0.3 is 0 Å². The summed E-state index contributed by atoms with van der Waals surface area (Å²) in [5.41, 5.74) is 2.72. The number of benzene rings is 1. The number of nitrogens with zero attached hydrogens (tertiary/aromatic N) is 2. The number of oxazole rings is 1.